The highest BCUT2D eigenvalue weighted by Crippen LogP contribution is 2.45. The zero-order valence-electron chi connectivity index (χ0n) is 10.6. The molecule has 0 aliphatic heterocycles. The van der Waals surface area contributed by atoms with Gasteiger partial charge < -0.3 is 5.11 Å². The summed E-state index contributed by atoms with van der Waals surface area (Å²) in [7, 11) is 0. The molecule has 0 bridgehead atoms. The first kappa shape index (κ1) is 15.2. The Morgan fingerprint density at radius 2 is 1.52 bits per heavy atom. The molecule has 2 rings (SSSR count). The maximum atomic E-state index is 14.0. The molecule has 1 saturated carbocycles. The van der Waals surface area contributed by atoms with E-state index in [1.807, 2.05) is 0 Å². The van der Waals surface area contributed by atoms with Crippen LogP contribution >= 0.6 is 0 Å². The summed E-state index contributed by atoms with van der Waals surface area (Å²) in [6.45, 7) is 0. The van der Waals surface area contributed by atoms with E-state index in [2.05, 4.69) is 4.99 Å². The molecule has 0 unspecified atom stereocenters. The minimum absolute atomic E-state index is 0.0153. The summed E-state index contributed by atoms with van der Waals surface area (Å²) in [5.74, 6) is -9.83. The molecule has 0 atom stereocenters. The number of nitrogens with zero attached hydrogens (tertiary/aromatic N) is 1. The number of carbonyl (C=O) groups is 1. The Labute approximate surface area is 116 Å². The monoisotopic (exact) mass is 303 g/mol. The Morgan fingerprint density at radius 1 is 1.05 bits per heavy atom. The van der Waals surface area contributed by atoms with Crippen LogP contribution in [-0.4, -0.2) is 17.2 Å². The lowest BCUT2D eigenvalue weighted by Crippen LogP contribution is -2.26. The van der Waals surface area contributed by atoms with E-state index in [4.69, 9.17) is 5.11 Å². The highest BCUT2D eigenvalue weighted by molar-refractivity contribution is 5.88. The van der Waals surface area contributed by atoms with Gasteiger partial charge in [0.25, 0.3) is 0 Å². The zero-order valence-corrected chi connectivity index (χ0v) is 10.6. The van der Waals surface area contributed by atoms with E-state index in [9.17, 15) is 27.2 Å². The van der Waals surface area contributed by atoms with Gasteiger partial charge in [0.2, 0.25) is 6.08 Å². The molecule has 1 N–H and O–H groups in total. The molecule has 8 heteroatoms. The van der Waals surface area contributed by atoms with Crippen LogP contribution in [0.25, 0.3) is 0 Å². The van der Waals surface area contributed by atoms with Crippen LogP contribution in [0.15, 0.2) is 4.99 Å². The van der Waals surface area contributed by atoms with Gasteiger partial charge in [-0.05, 0) is 12.8 Å². The van der Waals surface area contributed by atoms with E-state index in [0.29, 0.717) is 12.8 Å². The Bertz CT molecular complexity index is 633. The van der Waals surface area contributed by atoms with Crippen molar-refractivity contribution in [1.82, 2.24) is 0 Å². The van der Waals surface area contributed by atoms with Crippen molar-refractivity contribution in [2.75, 3.05) is 0 Å². The lowest BCUT2D eigenvalue weighted by atomic mass is 9.86. The zero-order chi connectivity index (χ0) is 15.8. The summed E-state index contributed by atoms with van der Waals surface area (Å²) < 4.78 is 55.5. The maximum Gasteiger partial charge on any atom is 0.341 e. The van der Waals surface area contributed by atoms with Crippen LogP contribution in [-0.2, 0) is 10.3 Å². The van der Waals surface area contributed by atoms with Crippen molar-refractivity contribution in [2.24, 2.45) is 4.99 Å². The van der Waals surface area contributed by atoms with Crippen LogP contribution in [0.1, 0.15) is 41.6 Å². The molecule has 1 aliphatic rings. The first-order valence-electron chi connectivity index (χ1n) is 6.04. The summed E-state index contributed by atoms with van der Waals surface area (Å²) in [6.07, 6.45) is 2.10. The van der Waals surface area contributed by atoms with Crippen LogP contribution < -0.4 is 0 Å². The van der Waals surface area contributed by atoms with Crippen molar-refractivity contribution in [2.45, 2.75) is 31.2 Å². The first-order chi connectivity index (χ1) is 9.85. The largest absolute Gasteiger partial charge is 0.477 e. The minimum Gasteiger partial charge on any atom is -0.477 e. The van der Waals surface area contributed by atoms with E-state index >= 15 is 0 Å². The summed E-state index contributed by atoms with van der Waals surface area (Å²) in [5.41, 5.74) is -4.51. The molecular formula is C13H9F4NO3. The molecule has 0 amide bonds. The van der Waals surface area contributed by atoms with Gasteiger partial charge in [0.1, 0.15) is 11.1 Å². The van der Waals surface area contributed by atoms with Crippen LogP contribution in [0.3, 0.4) is 0 Å². The van der Waals surface area contributed by atoms with E-state index < -0.39 is 45.9 Å². The molecule has 0 spiro atoms. The minimum atomic E-state index is -2.13. The van der Waals surface area contributed by atoms with Crippen molar-refractivity contribution >= 4 is 12.0 Å². The third kappa shape index (κ3) is 2.21. The number of carboxylic acid groups (broad SMARTS) is 1. The SMILES string of the molecule is O=C=NC1(c2c(F)c(F)c(C(=O)O)c(F)c2F)CCCC1. The van der Waals surface area contributed by atoms with Crippen LogP contribution in [0.5, 0.6) is 0 Å². The van der Waals surface area contributed by atoms with Gasteiger partial charge in [-0.1, -0.05) is 12.8 Å². The third-order valence-electron chi connectivity index (χ3n) is 3.63. The van der Waals surface area contributed by atoms with Crippen molar-refractivity contribution < 1.29 is 32.3 Å². The fraction of sp³-hybridized carbons (Fsp3) is 0.385. The molecule has 0 heterocycles. The Balaban J connectivity index is 2.82. The van der Waals surface area contributed by atoms with E-state index in [1.54, 1.807) is 0 Å². The van der Waals surface area contributed by atoms with Crippen LogP contribution in [0.2, 0.25) is 0 Å². The lowest BCUT2D eigenvalue weighted by molar-refractivity contribution is 0.0683. The number of hydrogen-bond donors (Lipinski definition) is 1. The lowest BCUT2D eigenvalue weighted by Gasteiger charge is -2.24. The second kappa shape index (κ2) is 5.29. The van der Waals surface area contributed by atoms with Gasteiger partial charge in [-0.2, -0.15) is 4.99 Å². The van der Waals surface area contributed by atoms with E-state index in [0.717, 1.165) is 6.08 Å². The number of isocyanates is 1. The van der Waals surface area contributed by atoms with Crippen molar-refractivity contribution in [3.63, 3.8) is 0 Å². The molecule has 1 fully saturated rings. The Kier molecular flexibility index (Phi) is 3.82. The summed E-state index contributed by atoms with van der Waals surface area (Å²) in [4.78, 5) is 24.5. The summed E-state index contributed by atoms with van der Waals surface area (Å²) in [6, 6.07) is 0. The summed E-state index contributed by atoms with van der Waals surface area (Å²) in [5, 5.41) is 8.62. The quantitative estimate of drug-likeness (QED) is 0.404. The van der Waals surface area contributed by atoms with Crippen molar-refractivity contribution in [3.05, 3.63) is 34.4 Å². The number of carbonyl (C=O) groups excluding carboxylic acids is 1. The molecule has 112 valence electrons. The highest BCUT2D eigenvalue weighted by Gasteiger charge is 2.44. The second-order valence-corrected chi connectivity index (χ2v) is 4.75. The number of rotatable bonds is 3. The highest BCUT2D eigenvalue weighted by atomic mass is 19.2. The maximum absolute atomic E-state index is 14.0. The predicted molar refractivity (Wildman–Crippen MR) is 61.5 cm³/mol. The molecule has 21 heavy (non-hydrogen) atoms. The van der Waals surface area contributed by atoms with Gasteiger partial charge in [-0.15, -0.1) is 0 Å². The van der Waals surface area contributed by atoms with Gasteiger partial charge in [0, 0.05) is 0 Å². The van der Waals surface area contributed by atoms with Gasteiger partial charge in [0.05, 0.1) is 5.56 Å². The smallest absolute Gasteiger partial charge is 0.341 e. The van der Waals surface area contributed by atoms with Crippen LogP contribution in [0.4, 0.5) is 17.6 Å². The third-order valence-corrected chi connectivity index (χ3v) is 3.63. The number of hydrogen-bond acceptors (Lipinski definition) is 3. The van der Waals surface area contributed by atoms with E-state index in [1.165, 1.54) is 0 Å². The topological polar surface area (TPSA) is 66.7 Å². The average Bonchev–Trinajstić information content (AvgIpc) is 2.86. The van der Waals surface area contributed by atoms with Gasteiger partial charge in [0.15, 0.2) is 23.3 Å². The standard InChI is InChI=1S/C13H9F4NO3/c14-8-6(12(20)21)9(15)11(17)7(10(8)16)13(18-5-19)3-1-2-4-13/h1-4H2,(H,20,21). The molecule has 1 aromatic rings. The molecule has 1 aromatic carbocycles. The van der Waals surface area contributed by atoms with Gasteiger partial charge >= 0.3 is 5.97 Å². The summed E-state index contributed by atoms with van der Waals surface area (Å²) >= 11 is 0. The normalized spacial score (nSPS) is 16.6. The number of benzene rings is 1. The molecule has 0 radical (unpaired) electrons. The molecular weight excluding hydrogens is 294 g/mol. The number of aliphatic imine (C=N–C) groups is 1. The van der Waals surface area contributed by atoms with Crippen molar-refractivity contribution in [1.29, 1.82) is 0 Å². The molecule has 0 aromatic heterocycles. The second-order valence-electron chi connectivity index (χ2n) is 4.75. The number of aromatic carboxylic acids is 1. The molecule has 4 nitrogen and oxygen atoms in total. The fourth-order valence-corrected chi connectivity index (χ4v) is 2.69. The fourth-order valence-electron chi connectivity index (χ4n) is 2.69. The van der Waals surface area contributed by atoms with E-state index in [-0.39, 0.29) is 12.8 Å². The Hall–Kier alpha value is -2.21. The first-order valence-corrected chi connectivity index (χ1v) is 6.04. The Morgan fingerprint density at radius 3 is 1.90 bits per heavy atom. The average molecular weight is 303 g/mol. The van der Waals surface area contributed by atoms with Gasteiger partial charge in [-0.25, -0.2) is 27.2 Å². The van der Waals surface area contributed by atoms with Crippen molar-refractivity contribution in [3.8, 4) is 0 Å². The number of halogens is 4. The van der Waals surface area contributed by atoms with Gasteiger partial charge in [-0.3, -0.25) is 0 Å². The molecule has 0 saturated heterocycles. The molecule has 1 aliphatic carbocycles. The number of carboxylic acids is 1. The van der Waals surface area contributed by atoms with Crippen LogP contribution in [0, 0.1) is 23.3 Å². The predicted octanol–water partition coefficient (Wildman–Crippen LogP) is 3.05.